The number of aromatic hydroxyl groups is 1. The third kappa shape index (κ3) is 2.80. The van der Waals surface area contributed by atoms with Gasteiger partial charge in [0, 0.05) is 17.6 Å². The van der Waals surface area contributed by atoms with Gasteiger partial charge in [-0.3, -0.25) is 0 Å². The summed E-state index contributed by atoms with van der Waals surface area (Å²) in [6.07, 6.45) is 9.57. The summed E-state index contributed by atoms with van der Waals surface area (Å²) in [5.41, 5.74) is 0. The van der Waals surface area contributed by atoms with Crippen molar-refractivity contribution in [2.45, 2.75) is 44.6 Å². The first-order valence-electron chi connectivity index (χ1n) is 7.17. The first-order valence-corrected chi connectivity index (χ1v) is 7.17. The Morgan fingerprint density at radius 2 is 1.84 bits per heavy atom. The molecule has 2 N–H and O–H groups in total. The van der Waals surface area contributed by atoms with Gasteiger partial charge in [0.05, 0.1) is 0 Å². The highest BCUT2D eigenvalue weighted by Crippen LogP contribution is 2.27. The Morgan fingerprint density at radius 1 is 1.05 bits per heavy atom. The molecule has 0 radical (unpaired) electrons. The summed E-state index contributed by atoms with van der Waals surface area (Å²) in [4.78, 5) is 4.45. The Labute approximate surface area is 113 Å². The van der Waals surface area contributed by atoms with Crippen molar-refractivity contribution >= 4 is 16.6 Å². The van der Waals surface area contributed by atoms with Gasteiger partial charge in [-0.2, -0.15) is 0 Å². The molecule has 1 aromatic heterocycles. The molecule has 3 heteroatoms. The quantitative estimate of drug-likeness (QED) is 0.796. The maximum atomic E-state index is 9.65. The molecule has 2 aromatic rings. The smallest absolute Gasteiger partial charge is 0.134 e. The highest BCUT2D eigenvalue weighted by Gasteiger charge is 2.13. The molecular formula is C16H20N2O. The van der Waals surface area contributed by atoms with E-state index < -0.39 is 0 Å². The third-order valence-corrected chi connectivity index (χ3v) is 3.95. The number of anilines is 1. The molecule has 1 heterocycles. The average molecular weight is 256 g/mol. The Bertz CT molecular complexity index is 560. The SMILES string of the molecule is Oc1ccc2ccnc(NC3CCCCCC3)c2c1. The molecule has 0 unspecified atom stereocenters. The largest absolute Gasteiger partial charge is 0.508 e. The van der Waals surface area contributed by atoms with Crippen molar-refractivity contribution in [1.29, 1.82) is 0 Å². The number of pyridine rings is 1. The number of aromatic nitrogens is 1. The molecule has 1 fully saturated rings. The molecule has 100 valence electrons. The zero-order chi connectivity index (χ0) is 13.1. The normalized spacial score (nSPS) is 17.3. The number of nitrogens with zero attached hydrogens (tertiary/aromatic N) is 1. The van der Waals surface area contributed by atoms with Crippen molar-refractivity contribution in [2.75, 3.05) is 5.32 Å². The number of fused-ring (bicyclic) bond motifs is 1. The maximum Gasteiger partial charge on any atom is 0.134 e. The van der Waals surface area contributed by atoms with E-state index in [9.17, 15) is 5.11 Å². The number of benzene rings is 1. The van der Waals surface area contributed by atoms with Crippen LogP contribution in [0.3, 0.4) is 0 Å². The molecule has 0 bridgehead atoms. The number of rotatable bonds is 2. The number of hydrogen-bond acceptors (Lipinski definition) is 3. The minimum atomic E-state index is 0.296. The summed E-state index contributed by atoms with van der Waals surface area (Å²) in [5.74, 6) is 1.20. The molecule has 0 atom stereocenters. The molecule has 1 aliphatic rings. The van der Waals surface area contributed by atoms with Gasteiger partial charge in [-0.15, -0.1) is 0 Å². The fourth-order valence-electron chi connectivity index (χ4n) is 2.89. The number of hydrogen-bond donors (Lipinski definition) is 2. The van der Waals surface area contributed by atoms with E-state index in [4.69, 9.17) is 0 Å². The highest BCUT2D eigenvalue weighted by molar-refractivity contribution is 5.92. The van der Waals surface area contributed by atoms with Gasteiger partial charge in [-0.25, -0.2) is 4.98 Å². The van der Waals surface area contributed by atoms with Crippen LogP contribution in [0, 0.1) is 0 Å². The molecule has 1 aliphatic carbocycles. The van der Waals surface area contributed by atoms with Crippen LogP contribution < -0.4 is 5.32 Å². The second-order valence-corrected chi connectivity index (χ2v) is 5.40. The van der Waals surface area contributed by atoms with Crippen LogP contribution >= 0.6 is 0 Å². The highest BCUT2D eigenvalue weighted by atomic mass is 16.3. The number of phenolic OH excluding ortho intramolecular Hbond substituents is 1. The lowest BCUT2D eigenvalue weighted by atomic mass is 10.1. The first kappa shape index (κ1) is 12.3. The number of phenols is 1. The van der Waals surface area contributed by atoms with Gasteiger partial charge in [0.15, 0.2) is 0 Å². The molecule has 0 spiro atoms. The lowest BCUT2D eigenvalue weighted by Crippen LogP contribution is -2.19. The molecule has 3 nitrogen and oxygen atoms in total. The fraction of sp³-hybridized carbons (Fsp3) is 0.438. The Morgan fingerprint density at radius 3 is 2.63 bits per heavy atom. The van der Waals surface area contributed by atoms with Gasteiger partial charge in [0.2, 0.25) is 0 Å². The maximum absolute atomic E-state index is 9.65. The van der Waals surface area contributed by atoms with E-state index in [0.29, 0.717) is 11.8 Å². The summed E-state index contributed by atoms with van der Waals surface area (Å²) >= 11 is 0. The van der Waals surface area contributed by atoms with E-state index >= 15 is 0 Å². The first-order chi connectivity index (χ1) is 9.33. The van der Waals surface area contributed by atoms with Crippen molar-refractivity contribution in [2.24, 2.45) is 0 Å². The van der Waals surface area contributed by atoms with Gasteiger partial charge >= 0.3 is 0 Å². The van der Waals surface area contributed by atoms with Crippen LogP contribution in [0.2, 0.25) is 0 Å². The van der Waals surface area contributed by atoms with Crippen LogP contribution in [0.5, 0.6) is 5.75 Å². The van der Waals surface area contributed by atoms with Crippen LogP contribution in [-0.4, -0.2) is 16.1 Å². The minimum Gasteiger partial charge on any atom is -0.508 e. The van der Waals surface area contributed by atoms with E-state index in [1.165, 1.54) is 38.5 Å². The van der Waals surface area contributed by atoms with E-state index in [0.717, 1.165) is 16.6 Å². The van der Waals surface area contributed by atoms with E-state index in [2.05, 4.69) is 10.3 Å². The summed E-state index contributed by atoms with van der Waals surface area (Å²) in [7, 11) is 0. The topological polar surface area (TPSA) is 45.2 Å². The molecule has 3 rings (SSSR count). The van der Waals surface area contributed by atoms with Crippen molar-refractivity contribution in [1.82, 2.24) is 4.98 Å². The standard InChI is InChI=1S/C16H20N2O/c19-14-8-7-12-9-10-17-16(15(12)11-14)18-13-5-3-1-2-4-6-13/h7-11,13,19H,1-6H2,(H,17,18). The summed E-state index contributed by atoms with van der Waals surface area (Å²) in [6.45, 7) is 0. The Balaban J connectivity index is 1.89. The molecule has 0 amide bonds. The molecule has 0 aliphatic heterocycles. The van der Waals surface area contributed by atoms with Crippen LogP contribution in [0.1, 0.15) is 38.5 Å². The van der Waals surface area contributed by atoms with Crippen molar-refractivity contribution in [3.8, 4) is 5.75 Å². The van der Waals surface area contributed by atoms with E-state index in [1.54, 1.807) is 12.1 Å². The predicted octanol–water partition coefficient (Wildman–Crippen LogP) is 4.08. The van der Waals surface area contributed by atoms with Crippen LogP contribution in [0.15, 0.2) is 30.5 Å². The lowest BCUT2D eigenvalue weighted by Gasteiger charge is -2.18. The van der Waals surface area contributed by atoms with Gasteiger partial charge in [0.1, 0.15) is 11.6 Å². The molecular weight excluding hydrogens is 236 g/mol. The zero-order valence-electron chi connectivity index (χ0n) is 11.1. The van der Waals surface area contributed by atoms with Crippen molar-refractivity contribution < 1.29 is 5.11 Å². The molecule has 1 saturated carbocycles. The monoisotopic (exact) mass is 256 g/mol. The second-order valence-electron chi connectivity index (χ2n) is 5.40. The Kier molecular flexibility index (Phi) is 3.53. The summed E-state index contributed by atoms with van der Waals surface area (Å²) in [6, 6.07) is 7.94. The fourth-order valence-corrected chi connectivity index (χ4v) is 2.89. The average Bonchev–Trinajstić information content (AvgIpc) is 2.68. The summed E-state index contributed by atoms with van der Waals surface area (Å²) < 4.78 is 0. The predicted molar refractivity (Wildman–Crippen MR) is 78.5 cm³/mol. The van der Waals surface area contributed by atoms with Gasteiger partial charge in [0.25, 0.3) is 0 Å². The Hall–Kier alpha value is -1.77. The number of nitrogens with one attached hydrogen (secondary N) is 1. The van der Waals surface area contributed by atoms with Gasteiger partial charge in [-0.1, -0.05) is 31.7 Å². The van der Waals surface area contributed by atoms with Crippen molar-refractivity contribution in [3.05, 3.63) is 30.5 Å². The van der Waals surface area contributed by atoms with Crippen LogP contribution in [-0.2, 0) is 0 Å². The van der Waals surface area contributed by atoms with Crippen molar-refractivity contribution in [3.63, 3.8) is 0 Å². The zero-order valence-corrected chi connectivity index (χ0v) is 11.1. The van der Waals surface area contributed by atoms with E-state index in [-0.39, 0.29) is 0 Å². The molecule has 1 aromatic carbocycles. The van der Waals surface area contributed by atoms with Gasteiger partial charge in [-0.05, 0) is 36.4 Å². The van der Waals surface area contributed by atoms with E-state index in [1.807, 2.05) is 18.3 Å². The summed E-state index contributed by atoms with van der Waals surface area (Å²) in [5, 5.41) is 15.3. The third-order valence-electron chi connectivity index (χ3n) is 3.95. The van der Waals surface area contributed by atoms with Crippen LogP contribution in [0.25, 0.3) is 10.8 Å². The van der Waals surface area contributed by atoms with Gasteiger partial charge < -0.3 is 10.4 Å². The lowest BCUT2D eigenvalue weighted by molar-refractivity contribution is 0.476. The minimum absolute atomic E-state index is 0.296. The van der Waals surface area contributed by atoms with Crippen LogP contribution in [0.4, 0.5) is 5.82 Å². The molecule has 19 heavy (non-hydrogen) atoms. The second kappa shape index (κ2) is 5.47. The molecule has 0 saturated heterocycles.